The number of aromatic nitrogens is 6. The lowest BCUT2D eigenvalue weighted by molar-refractivity contribution is 1.07. The highest BCUT2D eigenvalue weighted by atomic mass is 15.0. The van der Waals surface area contributed by atoms with Gasteiger partial charge >= 0.3 is 0 Å². The fourth-order valence-corrected chi connectivity index (χ4v) is 6.28. The number of pyridine rings is 3. The van der Waals surface area contributed by atoms with E-state index in [1.165, 1.54) is 0 Å². The highest BCUT2D eigenvalue weighted by Gasteiger charge is 2.20. The normalized spacial score (nSPS) is 11.5. The third-order valence-corrected chi connectivity index (χ3v) is 8.37. The molecule has 9 rings (SSSR count). The number of benzene rings is 5. The van der Waals surface area contributed by atoms with Crippen LogP contribution in [-0.4, -0.2) is 29.9 Å². The van der Waals surface area contributed by atoms with Crippen LogP contribution >= 0.6 is 0 Å². The molecule has 0 aliphatic carbocycles. The summed E-state index contributed by atoms with van der Waals surface area (Å²) in [5.41, 5.74) is 7.24. The number of hydrogen-bond acceptors (Lipinski definition) is 6. The van der Waals surface area contributed by atoms with Crippen molar-refractivity contribution in [3.63, 3.8) is 0 Å². The minimum absolute atomic E-state index is 0.590. The van der Waals surface area contributed by atoms with E-state index in [0.717, 1.165) is 71.4 Å². The summed E-state index contributed by atoms with van der Waals surface area (Å²) in [5, 5.41) is 5.26. The van der Waals surface area contributed by atoms with Crippen LogP contribution in [0.3, 0.4) is 0 Å². The largest absolute Gasteiger partial charge is 0.254 e. The second kappa shape index (κ2) is 10.6. The molecule has 5 aromatic carbocycles. The number of nitrogens with zero attached hydrogens (tertiary/aromatic N) is 6. The Hall–Kier alpha value is -6.40. The van der Waals surface area contributed by atoms with E-state index in [1.807, 2.05) is 103 Å². The molecule has 6 heteroatoms. The van der Waals surface area contributed by atoms with Crippen LogP contribution in [0.4, 0.5) is 0 Å². The van der Waals surface area contributed by atoms with Gasteiger partial charge in [-0.1, -0.05) is 115 Å². The molecule has 0 saturated carbocycles. The molecule has 6 nitrogen and oxygen atoms in total. The highest BCUT2D eigenvalue weighted by Crippen LogP contribution is 2.42. The summed E-state index contributed by atoms with van der Waals surface area (Å²) < 4.78 is 0. The molecule has 0 N–H and O–H groups in total. The minimum atomic E-state index is 0.590. The summed E-state index contributed by atoms with van der Waals surface area (Å²) in [6, 6.07) is 44.9. The Balaban J connectivity index is 1.36. The molecule has 0 saturated heterocycles. The maximum absolute atomic E-state index is 5.36. The van der Waals surface area contributed by atoms with Gasteiger partial charge in [0.15, 0.2) is 17.5 Å². The molecule has 0 aliphatic heterocycles. The average molecular weight is 589 g/mol. The van der Waals surface area contributed by atoms with E-state index < -0.39 is 0 Å². The van der Waals surface area contributed by atoms with Gasteiger partial charge < -0.3 is 0 Å². The first-order chi connectivity index (χ1) is 22.8. The second-order valence-electron chi connectivity index (χ2n) is 11.1. The van der Waals surface area contributed by atoms with Gasteiger partial charge in [-0.3, -0.25) is 9.97 Å². The monoisotopic (exact) mass is 588 g/mol. The van der Waals surface area contributed by atoms with E-state index in [1.54, 1.807) is 0 Å². The van der Waals surface area contributed by atoms with E-state index >= 15 is 0 Å². The third-order valence-electron chi connectivity index (χ3n) is 8.37. The van der Waals surface area contributed by atoms with Gasteiger partial charge in [-0.05, 0) is 18.2 Å². The SMILES string of the molecule is c1ccc(-c2nc(-c3ccccc3)nc(-c3ccc4c(c3)nc(-c3ccccc3)c3c5cccnc5c5ncccc5c43)n2)cc1. The Labute approximate surface area is 264 Å². The molecule has 0 fully saturated rings. The Morgan fingerprint density at radius 3 is 1.41 bits per heavy atom. The lowest BCUT2D eigenvalue weighted by atomic mass is 9.93. The molecule has 0 atom stereocenters. The molecule has 4 aromatic heterocycles. The fraction of sp³-hybridized carbons (Fsp3) is 0. The van der Waals surface area contributed by atoms with Gasteiger partial charge in [0, 0.05) is 61.6 Å². The van der Waals surface area contributed by atoms with Crippen molar-refractivity contribution in [1.29, 1.82) is 0 Å². The van der Waals surface area contributed by atoms with Gasteiger partial charge in [-0.25, -0.2) is 19.9 Å². The van der Waals surface area contributed by atoms with Crippen LogP contribution < -0.4 is 0 Å². The number of hydrogen-bond donors (Lipinski definition) is 0. The van der Waals surface area contributed by atoms with E-state index in [9.17, 15) is 0 Å². The van der Waals surface area contributed by atoms with Crippen LogP contribution in [0, 0.1) is 0 Å². The summed E-state index contributed by atoms with van der Waals surface area (Å²) in [4.78, 5) is 29.8. The van der Waals surface area contributed by atoms with Crippen molar-refractivity contribution in [2.75, 3.05) is 0 Å². The van der Waals surface area contributed by atoms with Crippen molar-refractivity contribution in [2.24, 2.45) is 0 Å². The van der Waals surface area contributed by atoms with Crippen LogP contribution in [-0.2, 0) is 0 Å². The molecule has 46 heavy (non-hydrogen) atoms. The zero-order chi connectivity index (χ0) is 30.5. The molecule has 0 amide bonds. The van der Waals surface area contributed by atoms with Gasteiger partial charge in [-0.15, -0.1) is 0 Å². The van der Waals surface area contributed by atoms with E-state index in [-0.39, 0.29) is 0 Å². The maximum Gasteiger partial charge on any atom is 0.164 e. The van der Waals surface area contributed by atoms with Gasteiger partial charge in [0.25, 0.3) is 0 Å². The summed E-state index contributed by atoms with van der Waals surface area (Å²) in [7, 11) is 0. The number of fused-ring (bicyclic) bond motifs is 8. The zero-order valence-electron chi connectivity index (χ0n) is 24.5. The van der Waals surface area contributed by atoms with Gasteiger partial charge in [0.05, 0.1) is 22.2 Å². The van der Waals surface area contributed by atoms with Crippen molar-refractivity contribution in [3.8, 4) is 45.4 Å². The first-order valence-electron chi connectivity index (χ1n) is 15.1. The van der Waals surface area contributed by atoms with Gasteiger partial charge in [-0.2, -0.15) is 0 Å². The quantitative estimate of drug-likeness (QED) is 0.191. The smallest absolute Gasteiger partial charge is 0.164 e. The Morgan fingerprint density at radius 2 is 0.848 bits per heavy atom. The lowest BCUT2D eigenvalue weighted by Crippen LogP contribution is -2.00. The van der Waals surface area contributed by atoms with E-state index in [2.05, 4.69) is 42.5 Å². The fourth-order valence-electron chi connectivity index (χ4n) is 6.28. The predicted octanol–water partition coefficient (Wildman–Crippen LogP) is 9.34. The van der Waals surface area contributed by atoms with E-state index in [4.69, 9.17) is 29.9 Å². The molecule has 0 bridgehead atoms. The summed E-state index contributed by atoms with van der Waals surface area (Å²) in [5.74, 6) is 1.83. The Kier molecular flexibility index (Phi) is 6.03. The molecule has 214 valence electrons. The molecule has 0 spiro atoms. The van der Waals surface area contributed by atoms with Crippen molar-refractivity contribution in [1.82, 2.24) is 29.9 Å². The predicted molar refractivity (Wildman–Crippen MR) is 185 cm³/mol. The summed E-state index contributed by atoms with van der Waals surface area (Å²) in [6.07, 6.45) is 3.66. The lowest BCUT2D eigenvalue weighted by Gasteiger charge is -2.16. The van der Waals surface area contributed by atoms with Crippen LogP contribution in [0.5, 0.6) is 0 Å². The highest BCUT2D eigenvalue weighted by molar-refractivity contribution is 6.32. The van der Waals surface area contributed by atoms with E-state index in [0.29, 0.717) is 17.5 Å². The third kappa shape index (κ3) is 4.27. The van der Waals surface area contributed by atoms with Crippen LogP contribution in [0.25, 0.3) is 88.9 Å². The zero-order valence-corrected chi connectivity index (χ0v) is 24.5. The molecule has 0 aliphatic rings. The van der Waals surface area contributed by atoms with Crippen LogP contribution in [0.15, 0.2) is 146 Å². The molecule has 9 aromatic rings. The van der Waals surface area contributed by atoms with Crippen molar-refractivity contribution < 1.29 is 0 Å². The number of rotatable bonds is 4. The average Bonchev–Trinajstić information content (AvgIpc) is 3.15. The standard InChI is InChI=1S/C40H24N6/c1-4-12-25(13-5-1)35-34-31-19-11-23-42-37(31)36-30(18-10-22-41-36)33(34)29-21-20-28(24-32(29)43-35)40-45-38(26-14-6-2-7-15-26)44-39(46-40)27-16-8-3-9-17-27/h1-24H. The summed E-state index contributed by atoms with van der Waals surface area (Å²) >= 11 is 0. The molecular weight excluding hydrogens is 564 g/mol. The van der Waals surface area contributed by atoms with Crippen molar-refractivity contribution in [2.45, 2.75) is 0 Å². The first kappa shape index (κ1) is 26.0. The molecule has 0 unspecified atom stereocenters. The molecule has 0 radical (unpaired) electrons. The topological polar surface area (TPSA) is 77.3 Å². The minimum Gasteiger partial charge on any atom is -0.254 e. The Morgan fingerprint density at radius 1 is 0.348 bits per heavy atom. The van der Waals surface area contributed by atoms with Gasteiger partial charge in [0.2, 0.25) is 0 Å². The van der Waals surface area contributed by atoms with Crippen molar-refractivity contribution in [3.05, 3.63) is 146 Å². The Bertz CT molecular complexity index is 2510. The van der Waals surface area contributed by atoms with Crippen molar-refractivity contribution >= 4 is 43.5 Å². The second-order valence-corrected chi connectivity index (χ2v) is 11.1. The molecular formula is C40H24N6. The molecule has 4 heterocycles. The van der Waals surface area contributed by atoms with Crippen LogP contribution in [0.1, 0.15) is 0 Å². The summed E-state index contributed by atoms with van der Waals surface area (Å²) in [6.45, 7) is 0. The van der Waals surface area contributed by atoms with Gasteiger partial charge in [0.1, 0.15) is 0 Å². The maximum atomic E-state index is 5.36. The van der Waals surface area contributed by atoms with Crippen LogP contribution in [0.2, 0.25) is 0 Å². The first-order valence-corrected chi connectivity index (χ1v) is 15.1.